The van der Waals surface area contributed by atoms with E-state index in [2.05, 4.69) is 32.3 Å². The van der Waals surface area contributed by atoms with Crippen molar-refractivity contribution in [1.82, 2.24) is 20.8 Å². The Bertz CT molecular complexity index is 672. The van der Waals surface area contributed by atoms with Gasteiger partial charge in [-0.15, -0.1) is 24.0 Å². The van der Waals surface area contributed by atoms with Gasteiger partial charge in [0.1, 0.15) is 12.4 Å². The van der Waals surface area contributed by atoms with Gasteiger partial charge in [0.25, 0.3) is 0 Å². The molecule has 2 rings (SSSR count). The van der Waals surface area contributed by atoms with Crippen molar-refractivity contribution in [2.75, 3.05) is 13.7 Å². The number of guanidine groups is 1. The maximum absolute atomic E-state index is 5.63. The van der Waals surface area contributed by atoms with Crippen molar-refractivity contribution in [3.63, 3.8) is 0 Å². The Morgan fingerprint density at radius 2 is 2.08 bits per heavy atom. The molecule has 1 aromatic carbocycles. The molecule has 2 N–H and O–H groups in total. The number of rotatable bonds is 7. The van der Waals surface area contributed by atoms with Crippen LogP contribution in [0.5, 0.6) is 5.75 Å². The molecule has 0 saturated carbocycles. The number of aryl methyl sites for hydroxylation is 1. The lowest BCUT2D eigenvalue weighted by molar-refractivity contribution is 0.358. The lowest BCUT2D eigenvalue weighted by atomic mass is 10.2. The summed E-state index contributed by atoms with van der Waals surface area (Å²) in [5, 5.41) is 10.1. The zero-order chi connectivity index (χ0) is 16.5. The Labute approximate surface area is 158 Å². The molecule has 7 nitrogen and oxygen atoms in total. The number of ether oxygens (including phenoxy) is 1. The minimum atomic E-state index is 0. The number of aliphatic imine (C=N–C) groups is 1. The quantitative estimate of drug-likeness (QED) is 0.296. The second kappa shape index (κ2) is 10.6. The highest BCUT2D eigenvalue weighted by Crippen LogP contribution is 2.17. The van der Waals surface area contributed by atoms with Gasteiger partial charge >= 0.3 is 0 Å². The molecule has 24 heavy (non-hydrogen) atoms. The number of hydrogen-bond acceptors (Lipinski definition) is 5. The average Bonchev–Trinajstić information content (AvgIpc) is 2.99. The van der Waals surface area contributed by atoms with Crippen molar-refractivity contribution >= 4 is 29.9 Å². The molecule has 130 valence electrons. The summed E-state index contributed by atoms with van der Waals surface area (Å²) in [6.45, 7) is 6.90. The predicted octanol–water partition coefficient (Wildman–Crippen LogP) is 2.43. The molecule has 0 atom stereocenters. The Hall–Kier alpha value is -2.10. The first-order valence-electron chi connectivity index (χ1n) is 7.28. The van der Waals surface area contributed by atoms with Gasteiger partial charge in [0.05, 0.1) is 6.54 Å². The minimum Gasteiger partial charge on any atom is -0.489 e. The molecule has 0 aliphatic carbocycles. The summed E-state index contributed by atoms with van der Waals surface area (Å²) in [5.41, 5.74) is 1.03. The Balaban J connectivity index is 0.00000288. The highest BCUT2D eigenvalue weighted by Gasteiger charge is 2.06. The standard InChI is InChI=1S/C16H21N5O2.HI/c1-4-9-22-14-8-6-5-7-13(14)10-18-16(17-3)19-11-15-20-12(2)21-23-15;/h4-8H,1,9-11H2,2-3H3,(H2,17,18,19);1H. The van der Waals surface area contributed by atoms with Crippen LogP contribution in [0.25, 0.3) is 0 Å². The number of nitrogens with zero attached hydrogens (tertiary/aromatic N) is 3. The summed E-state index contributed by atoms with van der Waals surface area (Å²) in [6, 6.07) is 7.83. The molecule has 2 aromatic rings. The molecule has 8 heteroatoms. The van der Waals surface area contributed by atoms with Gasteiger partial charge in [-0.2, -0.15) is 4.98 Å². The third kappa shape index (κ3) is 6.19. The first-order chi connectivity index (χ1) is 11.2. The molecule has 0 aliphatic heterocycles. The first kappa shape index (κ1) is 19.9. The van der Waals surface area contributed by atoms with Crippen molar-refractivity contribution in [3.05, 3.63) is 54.2 Å². The predicted molar refractivity (Wildman–Crippen MR) is 104 cm³/mol. The van der Waals surface area contributed by atoms with Crippen molar-refractivity contribution in [1.29, 1.82) is 0 Å². The van der Waals surface area contributed by atoms with Crippen molar-refractivity contribution in [2.24, 2.45) is 4.99 Å². The second-order valence-corrected chi connectivity index (χ2v) is 4.72. The van der Waals surface area contributed by atoms with Crippen LogP contribution in [0, 0.1) is 6.92 Å². The molecular weight excluding hydrogens is 421 g/mol. The fourth-order valence-electron chi connectivity index (χ4n) is 1.91. The monoisotopic (exact) mass is 443 g/mol. The number of hydrogen-bond donors (Lipinski definition) is 2. The van der Waals surface area contributed by atoms with Crippen LogP contribution in [0.1, 0.15) is 17.3 Å². The van der Waals surface area contributed by atoms with Crippen LogP contribution < -0.4 is 15.4 Å². The summed E-state index contributed by atoms with van der Waals surface area (Å²) in [4.78, 5) is 8.30. The van der Waals surface area contributed by atoms with Crippen LogP contribution in [0.4, 0.5) is 0 Å². The smallest absolute Gasteiger partial charge is 0.246 e. The van der Waals surface area contributed by atoms with Crippen LogP contribution in [0.3, 0.4) is 0 Å². The van der Waals surface area contributed by atoms with Crippen LogP contribution in [-0.2, 0) is 13.1 Å². The third-order valence-corrected chi connectivity index (χ3v) is 2.98. The molecule has 0 amide bonds. The molecule has 1 heterocycles. The van der Waals surface area contributed by atoms with E-state index in [0.29, 0.717) is 37.4 Å². The molecule has 1 aromatic heterocycles. The number of halogens is 1. The van der Waals surface area contributed by atoms with E-state index in [4.69, 9.17) is 9.26 Å². The van der Waals surface area contributed by atoms with Gasteiger partial charge in [-0.3, -0.25) is 4.99 Å². The van der Waals surface area contributed by atoms with E-state index in [1.165, 1.54) is 0 Å². The minimum absolute atomic E-state index is 0. The van der Waals surface area contributed by atoms with E-state index in [9.17, 15) is 0 Å². The number of aromatic nitrogens is 2. The summed E-state index contributed by atoms with van der Waals surface area (Å²) in [7, 11) is 1.70. The Morgan fingerprint density at radius 3 is 2.75 bits per heavy atom. The highest BCUT2D eigenvalue weighted by atomic mass is 127. The molecule has 0 fully saturated rings. The number of benzene rings is 1. The van der Waals surface area contributed by atoms with Gasteiger partial charge in [0, 0.05) is 19.2 Å². The second-order valence-electron chi connectivity index (χ2n) is 4.72. The van der Waals surface area contributed by atoms with Crippen LogP contribution in [0.2, 0.25) is 0 Å². The van der Waals surface area contributed by atoms with Crippen LogP contribution in [0.15, 0.2) is 46.4 Å². The summed E-state index contributed by atoms with van der Waals surface area (Å²) < 4.78 is 10.7. The van der Waals surface area contributed by atoms with Gasteiger partial charge in [-0.1, -0.05) is 36.0 Å². The van der Waals surface area contributed by atoms with E-state index in [1.54, 1.807) is 20.0 Å². The van der Waals surface area contributed by atoms with Crippen molar-refractivity contribution in [3.8, 4) is 5.75 Å². The Morgan fingerprint density at radius 1 is 1.33 bits per heavy atom. The van der Waals surface area contributed by atoms with E-state index in [1.807, 2.05) is 24.3 Å². The molecule has 0 radical (unpaired) electrons. The lowest BCUT2D eigenvalue weighted by Gasteiger charge is -2.13. The van der Waals surface area contributed by atoms with Crippen molar-refractivity contribution < 1.29 is 9.26 Å². The lowest BCUT2D eigenvalue weighted by Crippen LogP contribution is -2.36. The maximum atomic E-state index is 5.63. The number of nitrogens with one attached hydrogen (secondary N) is 2. The zero-order valence-corrected chi connectivity index (χ0v) is 16.1. The molecule has 0 aliphatic rings. The van der Waals surface area contributed by atoms with Crippen LogP contribution in [-0.4, -0.2) is 29.8 Å². The van der Waals surface area contributed by atoms with Gasteiger partial charge in [0.15, 0.2) is 11.8 Å². The largest absolute Gasteiger partial charge is 0.489 e. The summed E-state index contributed by atoms with van der Waals surface area (Å²) in [5.74, 6) is 2.58. The van der Waals surface area contributed by atoms with Crippen molar-refractivity contribution in [2.45, 2.75) is 20.0 Å². The van der Waals surface area contributed by atoms with E-state index in [0.717, 1.165) is 11.3 Å². The summed E-state index contributed by atoms with van der Waals surface area (Å²) >= 11 is 0. The van der Waals surface area contributed by atoms with Crippen LogP contribution >= 0.6 is 24.0 Å². The normalized spacial score (nSPS) is 10.7. The number of para-hydroxylation sites is 1. The third-order valence-electron chi connectivity index (χ3n) is 2.98. The molecule has 0 saturated heterocycles. The maximum Gasteiger partial charge on any atom is 0.246 e. The van der Waals surface area contributed by atoms with Gasteiger partial charge in [0.2, 0.25) is 5.89 Å². The fraction of sp³-hybridized carbons (Fsp3) is 0.312. The van der Waals surface area contributed by atoms with Gasteiger partial charge in [-0.05, 0) is 13.0 Å². The van der Waals surface area contributed by atoms with E-state index < -0.39 is 0 Å². The first-order valence-corrected chi connectivity index (χ1v) is 7.28. The highest BCUT2D eigenvalue weighted by molar-refractivity contribution is 14.0. The van der Waals surface area contributed by atoms with Gasteiger partial charge in [-0.25, -0.2) is 0 Å². The Kier molecular flexibility index (Phi) is 8.84. The molecular formula is C16H22IN5O2. The summed E-state index contributed by atoms with van der Waals surface area (Å²) in [6.07, 6.45) is 1.72. The topological polar surface area (TPSA) is 84.6 Å². The fourth-order valence-corrected chi connectivity index (χ4v) is 1.91. The molecule has 0 spiro atoms. The van der Waals surface area contributed by atoms with E-state index >= 15 is 0 Å². The average molecular weight is 443 g/mol. The SMILES string of the molecule is C=CCOc1ccccc1CNC(=NC)NCc1nc(C)no1.I. The molecule has 0 unspecified atom stereocenters. The van der Waals surface area contributed by atoms with E-state index in [-0.39, 0.29) is 24.0 Å². The zero-order valence-electron chi connectivity index (χ0n) is 13.8. The van der Waals surface area contributed by atoms with Gasteiger partial charge < -0.3 is 19.9 Å². The molecule has 0 bridgehead atoms.